The van der Waals surface area contributed by atoms with E-state index in [2.05, 4.69) is 51.7 Å². The fourth-order valence-corrected chi connectivity index (χ4v) is 2.62. The van der Waals surface area contributed by atoms with Gasteiger partial charge in [0, 0.05) is 12.5 Å². The molecular weight excluding hydrogens is 248 g/mol. The van der Waals surface area contributed by atoms with E-state index in [1.54, 1.807) is 6.33 Å². The van der Waals surface area contributed by atoms with Crippen LogP contribution < -0.4 is 5.32 Å². The minimum absolute atomic E-state index is 0.519. The van der Waals surface area contributed by atoms with Crippen molar-refractivity contribution in [3.05, 3.63) is 47.5 Å². The number of nitrogens with zero attached hydrogens (tertiary/aromatic N) is 2. The van der Waals surface area contributed by atoms with E-state index in [0.29, 0.717) is 6.04 Å². The topological polar surface area (TPSA) is 53.6 Å². The molecule has 1 aromatic carbocycles. The first-order valence-electron chi connectivity index (χ1n) is 7.47. The summed E-state index contributed by atoms with van der Waals surface area (Å²) in [4.78, 5) is 4.15. The Morgan fingerprint density at radius 3 is 2.75 bits per heavy atom. The largest absolute Gasteiger partial charge is 0.310 e. The van der Waals surface area contributed by atoms with E-state index in [1.807, 2.05) is 0 Å². The van der Waals surface area contributed by atoms with Crippen molar-refractivity contribution in [1.82, 2.24) is 20.5 Å². The molecule has 1 unspecified atom stereocenters. The van der Waals surface area contributed by atoms with E-state index < -0.39 is 0 Å². The highest BCUT2D eigenvalue weighted by molar-refractivity contribution is 5.25. The van der Waals surface area contributed by atoms with E-state index in [-0.39, 0.29) is 0 Å². The van der Waals surface area contributed by atoms with Crippen LogP contribution in [-0.2, 0) is 6.42 Å². The summed E-state index contributed by atoms with van der Waals surface area (Å²) < 4.78 is 0. The predicted molar refractivity (Wildman–Crippen MR) is 79.4 cm³/mol. The minimum atomic E-state index is 0.519. The molecule has 0 bridgehead atoms. The van der Waals surface area contributed by atoms with Gasteiger partial charge in [-0.15, -0.1) is 0 Å². The second-order valence-electron chi connectivity index (χ2n) is 5.72. The van der Waals surface area contributed by atoms with Crippen molar-refractivity contribution in [2.45, 2.75) is 38.6 Å². The van der Waals surface area contributed by atoms with Crippen LogP contribution in [0, 0.1) is 12.8 Å². The third kappa shape index (κ3) is 3.45. The zero-order valence-electron chi connectivity index (χ0n) is 12.0. The molecule has 0 saturated heterocycles. The molecule has 2 aromatic rings. The molecule has 4 nitrogen and oxygen atoms in total. The Balaban J connectivity index is 1.51. The van der Waals surface area contributed by atoms with E-state index in [9.17, 15) is 0 Å². The molecule has 3 rings (SSSR count). The number of aromatic amines is 1. The van der Waals surface area contributed by atoms with Gasteiger partial charge in [0.15, 0.2) is 0 Å². The molecule has 1 atom stereocenters. The maximum absolute atomic E-state index is 4.15. The summed E-state index contributed by atoms with van der Waals surface area (Å²) in [7, 11) is 0. The summed E-state index contributed by atoms with van der Waals surface area (Å²) in [5.74, 6) is 1.80. The van der Waals surface area contributed by atoms with E-state index in [0.717, 1.165) is 31.1 Å². The fraction of sp³-hybridized carbons (Fsp3) is 0.500. The summed E-state index contributed by atoms with van der Waals surface area (Å²) in [6, 6.07) is 9.47. The lowest BCUT2D eigenvalue weighted by molar-refractivity contribution is 0.473. The van der Waals surface area contributed by atoms with Crippen molar-refractivity contribution < 1.29 is 0 Å². The number of hydrogen-bond acceptors (Lipinski definition) is 3. The smallest absolute Gasteiger partial charge is 0.137 e. The Labute approximate surface area is 120 Å². The first-order chi connectivity index (χ1) is 9.83. The molecule has 20 heavy (non-hydrogen) atoms. The lowest BCUT2D eigenvalue weighted by Crippen LogP contribution is -2.24. The van der Waals surface area contributed by atoms with Crippen molar-refractivity contribution in [2.24, 2.45) is 5.92 Å². The number of rotatable bonds is 7. The van der Waals surface area contributed by atoms with Crippen LogP contribution in [0.2, 0.25) is 0 Å². The number of nitrogens with one attached hydrogen (secondary N) is 2. The molecule has 106 valence electrons. The van der Waals surface area contributed by atoms with Crippen LogP contribution >= 0.6 is 0 Å². The van der Waals surface area contributed by atoms with E-state index in [1.165, 1.54) is 24.0 Å². The van der Waals surface area contributed by atoms with Crippen LogP contribution in [0.15, 0.2) is 30.6 Å². The maximum atomic E-state index is 4.15. The standard InChI is InChI=1S/C16H22N4/c1-12-4-6-13(7-5-12)16(14-8-9-14)17-10-2-3-15-18-11-19-20-15/h4-7,11,14,16-17H,2-3,8-10H2,1H3,(H,18,19,20). The van der Waals surface area contributed by atoms with Crippen molar-refractivity contribution in [3.8, 4) is 0 Å². The van der Waals surface area contributed by atoms with Crippen LogP contribution in [0.4, 0.5) is 0 Å². The predicted octanol–water partition coefficient (Wildman–Crippen LogP) is 2.79. The molecule has 1 aromatic heterocycles. The summed E-state index contributed by atoms with van der Waals surface area (Å²) in [6.45, 7) is 3.16. The molecular formula is C16H22N4. The minimum Gasteiger partial charge on any atom is -0.310 e. The third-order valence-electron chi connectivity index (χ3n) is 3.95. The van der Waals surface area contributed by atoms with Crippen LogP contribution in [0.25, 0.3) is 0 Å². The molecule has 0 aliphatic heterocycles. The summed E-state index contributed by atoms with van der Waals surface area (Å²) in [6.07, 6.45) is 6.33. The fourth-order valence-electron chi connectivity index (χ4n) is 2.62. The molecule has 2 N–H and O–H groups in total. The van der Waals surface area contributed by atoms with Crippen molar-refractivity contribution in [2.75, 3.05) is 6.54 Å². The summed E-state index contributed by atoms with van der Waals surface area (Å²) in [5.41, 5.74) is 2.76. The quantitative estimate of drug-likeness (QED) is 0.761. The SMILES string of the molecule is Cc1ccc(C(NCCCc2ncn[nH]2)C2CC2)cc1. The third-order valence-corrected chi connectivity index (χ3v) is 3.95. The van der Waals surface area contributed by atoms with Gasteiger partial charge in [-0.25, -0.2) is 4.98 Å². The maximum Gasteiger partial charge on any atom is 0.137 e. The van der Waals surface area contributed by atoms with Gasteiger partial charge < -0.3 is 5.32 Å². The molecule has 4 heteroatoms. The highest BCUT2D eigenvalue weighted by atomic mass is 15.2. The average Bonchev–Trinajstić information content (AvgIpc) is 3.16. The molecule has 1 saturated carbocycles. The van der Waals surface area contributed by atoms with Crippen molar-refractivity contribution >= 4 is 0 Å². The van der Waals surface area contributed by atoms with Gasteiger partial charge in [0.25, 0.3) is 0 Å². The van der Waals surface area contributed by atoms with Crippen LogP contribution in [-0.4, -0.2) is 21.7 Å². The zero-order chi connectivity index (χ0) is 13.8. The Hall–Kier alpha value is -1.68. The van der Waals surface area contributed by atoms with Gasteiger partial charge in [-0.1, -0.05) is 29.8 Å². The monoisotopic (exact) mass is 270 g/mol. The highest BCUT2D eigenvalue weighted by Crippen LogP contribution is 2.40. The van der Waals surface area contributed by atoms with Gasteiger partial charge in [0.2, 0.25) is 0 Å². The van der Waals surface area contributed by atoms with Crippen LogP contribution in [0.1, 0.15) is 42.3 Å². The number of benzene rings is 1. The molecule has 1 heterocycles. The number of hydrogen-bond donors (Lipinski definition) is 2. The Morgan fingerprint density at radius 2 is 2.10 bits per heavy atom. The first-order valence-corrected chi connectivity index (χ1v) is 7.47. The van der Waals surface area contributed by atoms with E-state index in [4.69, 9.17) is 0 Å². The Kier molecular flexibility index (Phi) is 4.11. The van der Waals surface area contributed by atoms with Gasteiger partial charge in [0.05, 0.1) is 0 Å². The second kappa shape index (κ2) is 6.18. The average molecular weight is 270 g/mol. The van der Waals surface area contributed by atoms with Gasteiger partial charge >= 0.3 is 0 Å². The van der Waals surface area contributed by atoms with Crippen LogP contribution in [0.3, 0.4) is 0 Å². The van der Waals surface area contributed by atoms with Gasteiger partial charge in [0.1, 0.15) is 12.2 Å². The van der Waals surface area contributed by atoms with Gasteiger partial charge in [-0.05, 0) is 44.2 Å². The van der Waals surface area contributed by atoms with Crippen LogP contribution in [0.5, 0.6) is 0 Å². The number of H-pyrrole nitrogens is 1. The summed E-state index contributed by atoms with van der Waals surface area (Å²) >= 11 is 0. The van der Waals surface area contributed by atoms with E-state index >= 15 is 0 Å². The molecule has 1 aliphatic rings. The molecule has 1 aliphatic carbocycles. The lowest BCUT2D eigenvalue weighted by atomic mass is 10.0. The first kappa shape index (κ1) is 13.3. The van der Waals surface area contributed by atoms with Gasteiger partial charge in [-0.2, -0.15) is 5.10 Å². The molecule has 0 amide bonds. The van der Waals surface area contributed by atoms with Crippen molar-refractivity contribution in [3.63, 3.8) is 0 Å². The van der Waals surface area contributed by atoms with Gasteiger partial charge in [-0.3, -0.25) is 5.10 Å². The summed E-state index contributed by atoms with van der Waals surface area (Å²) in [5, 5.41) is 10.5. The normalized spacial score (nSPS) is 16.2. The number of aryl methyl sites for hydroxylation is 2. The molecule has 1 fully saturated rings. The Morgan fingerprint density at radius 1 is 1.30 bits per heavy atom. The Bertz CT molecular complexity index is 514. The zero-order valence-corrected chi connectivity index (χ0v) is 12.0. The molecule has 0 radical (unpaired) electrons. The van der Waals surface area contributed by atoms with Crippen molar-refractivity contribution in [1.29, 1.82) is 0 Å². The number of aromatic nitrogens is 3. The lowest BCUT2D eigenvalue weighted by Gasteiger charge is -2.19. The second-order valence-corrected chi connectivity index (χ2v) is 5.72. The molecule has 0 spiro atoms. The highest BCUT2D eigenvalue weighted by Gasteiger charge is 2.31.